The molecule has 1 heterocycles. The first-order chi connectivity index (χ1) is 12.1. The second kappa shape index (κ2) is 7.56. The van der Waals surface area contributed by atoms with E-state index in [4.69, 9.17) is 4.74 Å². The molecule has 25 heavy (non-hydrogen) atoms. The first-order valence-electron chi connectivity index (χ1n) is 9.28. The summed E-state index contributed by atoms with van der Waals surface area (Å²) in [7, 11) is 0. The van der Waals surface area contributed by atoms with Gasteiger partial charge in [0, 0.05) is 31.4 Å². The van der Waals surface area contributed by atoms with Crippen molar-refractivity contribution in [2.75, 3.05) is 31.6 Å². The van der Waals surface area contributed by atoms with Crippen LogP contribution in [0.4, 0.5) is 5.69 Å². The molecule has 1 spiro atoms. The van der Waals surface area contributed by atoms with E-state index in [1.165, 1.54) is 0 Å². The number of ether oxygens (including phenoxy) is 1. The fourth-order valence-corrected chi connectivity index (χ4v) is 3.86. The summed E-state index contributed by atoms with van der Waals surface area (Å²) in [4.78, 5) is 27.1. The van der Waals surface area contributed by atoms with E-state index in [0.717, 1.165) is 50.1 Å². The largest absolute Gasteiger partial charge is 0.381 e. The van der Waals surface area contributed by atoms with E-state index in [2.05, 4.69) is 5.32 Å². The number of amides is 2. The van der Waals surface area contributed by atoms with Gasteiger partial charge in [-0.2, -0.15) is 0 Å². The smallest absolute Gasteiger partial charge is 0.244 e. The third-order valence-corrected chi connectivity index (χ3v) is 5.54. The van der Waals surface area contributed by atoms with Gasteiger partial charge in [-0.25, -0.2) is 0 Å². The second-order valence-electron chi connectivity index (χ2n) is 7.35. The van der Waals surface area contributed by atoms with Crippen molar-refractivity contribution in [2.24, 2.45) is 11.3 Å². The van der Waals surface area contributed by atoms with Crippen molar-refractivity contribution in [3.8, 4) is 0 Å². The van der Waals surface area contributed by atoms with Crippen molar-refractivity contribution in [1.82, 2.24) is 4.90 Å². The zero-order chi connectivity index (χ0) is 17.9. The first kappa shape index (κ1) is 17.9. The minimum atomic E-state index is -0.127. The molecule has 1 aliphatic carbocycles. The van der Waals surface area contributed by atoms with Crippen molar-refractivity contribution < 1.29 is 14.3 Å². The molecule has 5 nitrogen and oxygen atoms in total. The number of nitrogens with one attached hydrogen (secondary N) is 1. The minimum absolute atomic E-state index is 0.0780. The number of aryl methyl sites for hydroxylation is 1. The quantitative estimate of drug-likeness (QED) is 0.863. The van der Waals surface area contributed by atoms with Crippen LogP contribution < -0.4 is 5.32 Å². The van der Waals surface area contributed by atoms with Gasteiger partial charge in [-0.1, -0.05) is 25.1 Å². The fourth-order valence-electron chi connectivity index (χ4n) is 3.86. The second-order valence-corrected chi connectivity index (χ2v) is 7.35. The molecule has 0 bridgehead atoms. The van der Waals surface area contributed by atoms with Gasteiger partial charge in [0.25, 0.3) is 0 Å². The predicted octanol–water partition coefficient (Wildman–Crippen LogP) is 2.99. The van der Waals surface area contributed by atoms with Crippen LogP contribution in [-0.2, 0) is 14.3 Å². The van der Waals surface area contributed by atoms with Gasteiger partial charge in [0.15, 0.2) is 0 Å². The predicted molar refractivity (Wildman–Crippen MR) is 97.3 cm³/mol. The summed E-state index contributed by atoms with van der Waals surface area (Å²) in [6.45, 7) is 6.27. The Morgan fingerprint density at radius 1 is 1.28 bits per heavy atom. The monoisotopic (exact) mass is 344 g/mol. The molecule has 1 atom stereocenters. The SMILES string of the molecule is CCCN(CC(=O)Nc1ccccc1C)C(=O)[C@H]1CC12CCOCC2. The number of rotatable bonds is 6. The van der Waals surface area contributed by atoms with Gasteiger partial charge in [-0.15, -0.1) is 0 Å². The maximum absolute atomic E-state index is 12.9. The third kappa shape index (κ3) is 4.03. The van der Waals surface area contributed by atoms with Gasteiger partial charge in [0.05, 0.1) is 6.54 Å². The van der Waals surface area contributed by atoms with Crippen LogP contribution in [0, 0.1) is 18.3 Å². The summed E-state index contributed by atoms with van der Waals surface area (Å²) in [5.74, 6) is 0.0932. The van der Waals surface area contributed by atoms with Crippen LogP contribution in [0.25, 0.3) is 0 Å². The molecule has 136 valence electrons. The average Bonchev–Trinajstić information content (AvgIpc) is 3.29. The number of benzene rings is 1. The molecule has 0 aromatic heterocycles. The Hall–Kier alpha value is -1.88. The number of carbonyl (C=O) groups excluding carboxylic acids is 2. The fraction of sp³-hybridized carbons (Fsp3) is 0.600. The molecule has 0 radical (unpaired) electrons. The summed E-state index contributed by atoms with van der Waals surface area (Å²) in [6.07, 6.45) is 3.75. The average molecular weight is 344 g/mol. The molecule has 1 saturated heterocycles. The topological polar surface area (TPSA) is 58.6 Å². The van der Waals surface area contributed by atoms with E-state index in [0.29, 0.717) is 6.54 Å². The van der Waals surface area contributed by atoms with Gasteiger partial charge in [-0.05, 0) is 49.7 Å². The molecule has 2 amide bonds. The van der Waals surface area contributed by atoms with Crippen molar-refractivity contribution >= 4 is 17.5 Å². The summed E-state index contributed by atoms with van der Waals surface area (Å²) < 4.78 is 5.43. The van der Waals surface area contributed by atoms with E-state index in [1.54, 1.807) is 4.90 Å². The van der Waals surface area contributed by atoms with Gasteiger partial charge in [-0.3, -0.25) is 9.59 Å². The molecule has 0 unspecified atom stereocenters. The summed E-state index contributed by atoms with van der Waals surface area (Å²) in [6, 6.07) is 7.69. The lowest BCUT2D eigenvalue weighted by atomic mass is 9.93. The van der Waals surface area contributed by atoms with Crippen LogP contribution >= 0.6 is 0 Å². The standard InChI is InChI=1S/C20H28N2O3/c1-3-10-22(14-18(23)21-17-7-5-4-6-15(17)2)19(24)16-13-20(16)8-11-25-12-9-20/h4-7,16H,3,8-14H2,1-2H3,(H,21,23)/t16-/m1/s1. The van der Waals surface area contributed by atoms with E-state index >= 15 is 0 Å². The highest BCUT2D eigenvalue weighted by molar-refractivity contribution is 5.95. The van der Waals surface area contributed by atoms with Crippen LogP contribution in [0.2, 0.25) is 0 Å². The van der Waals surface area contributed by atoms with E-state index in [9.17, 15) is 9.59 Å². The molecule has 1 aliphatic heterocycles. The minimum Gasteiger partial charge on any atom is -0.381 e. The Morgan fingerprint density at radius 2 is 2.00 bits per heavy atom. The molecule has 1 aromatic carbocycles. The number of para-hydroxylation sites is 1. The number of carbonyl (C=O) groups is 2. The Bertz CT molecular complexity index is 638. The van der Waals surface area contributed by atoms with Crippen molar-refractivity contribution in [3.63, 3.8) is 0 Å². The lowest BCUT2D eigenvalue weighted by Crippen LogP contribution is -2.40. The van der Waals surface area contributed by atoms with Crippen molar-refractivity contribution in [1.29, 1.82) is 0 Å². The zero-order valence-electron chi connectivity index (χ0n) is 15.2. The summed E-state index contributed by atoms with van der Waals surface area (Å²) >= 11 is 0. The molecule has 1 N–H and O–H groups in total. The highest BCUT2D eigenvalue weighted by Crippen LogP contribution is 2.59. The highest BCUT2D eigenvalue weighted by atomic mass is 16.5. The molecule has 3 rings (SSSR count). The molecule has 1 aromatic rings. The van der Waals surface area contributed by atoms with E-state index in [-0.39, 0.29) is 29.7 Å². The third-order valence-electron chi connectivity index (χ3n) is 5.54. The summed E-state index contributed by atoms with van der Waals surface area (Å²) in [5, 5.41) is 2.93. The zero-order valence-corrected chi connectivity index (χ0v) is 15.2. The Morgan fingerprint density at radius 3 is 2.68 bits per heavy atom. The maximum Gasteiger partial charge on any atom is 0.244 e. The molecule has 2 aliphatic rings. The van der Waals surface area contributed by atoms with Gasteiger partial charge < -0.3 is 15.0 Å². The van der Waals surface area contributed by atoms with Crippen molar-refractivity contribution in [3.05, 3.63) is 29.8 Å². The lowest BCUT2D eigenvalue weighted by molar-refractivity contribution is -0.137. The lowest BCUT2D eigenvalue weighted by Gasteiger charge is -2.26. The molecular formula is C20H28N2O3. The van der Waals surface area contributed by atoms with Crippen LogP contribution in [-0.4, -0.2) is 43.0 Å². The summed E-state index contributed by atoms with van der Waals surface area (Å²) in [5.41, 5.74) is 1.98. The van der Waals surface area contributed by atoms with Crippen molar-refractivity contribution in [2.45, 2.75) is 39.5 Å². The van der Waals surface area contributed by atoms with E-state index < -0.39 is 0 Å². The van der Waals surface area contributed by atoms with Crippen LogP contribution in [0.5, 0.6) is 0 Å². The molecule has 2 fully saturated rings. The van der Waals surface area contributed by atoms with Crippen LogP contribution in [0.15, 0.2) is 24.3 Å². The first-order valence-corrected chi connectivity index (χ1v) is 9.28. The van der Waals surface area contributed by atoms with E-state index in [1.807, 2.05) is 38.1 Å². The molecular weight excluding hydrogens is 316 g/mol. The Balaban J connectivity index is 1.60. The Labute approximate surface area is 149 Å². The highest BCUT2D eigenvalue weighted by Gasteiger charge is 2.58. The number of nitrogens with zero attached hydrogens (tertiary/aromatic N) is 1. The number of anilines is 1. The van der Waals surface area contributed by atoms with Gasteiger partial charge >= 0.3 is 0 Å². The number of hydrogen-bond acceptors (Lipinski definition) is 3. The molecule has 5 heteroatoms. The number of hydrogen-bond donors (Lipinski definition) is 1. The van der Waals surface area contributed by atoms with Crippen LogP contribution in [0.1, 0.15) is 38.2 Å². The van der Waals surface area contributed by atoms with Gasteiger partial charge in [0.2, 0.25) is 11.8 Å². The Kier molecular flexibility index (Phi) is 5.42. The van der Waals surface area contributed by atoms with Crippen LogP contribution in [0.3, 0.4) is 0 Å². The maximum atomic E-state index is 12.9. The molecule has 1 saturated carbocycles. The normalized spacial score (nSPS) is 21.0. The van der Waals surface area contributed by atoms with Gasteiger partial charge in [0.1, 0.15) is 0 Å².